The average Bonchev–Trinajstić information content (AvgIpc) is 2.52. The van der Waals surface area contributed by atoms with Gasteiger partial charge in [-0.2, -0.15) is 0 Å². The molecule has 0 radical (unpaired) electrons. The van der Waals surface area contributed by atoms with Gasteiger partial charge in [-0.25, -0.2) is 0 Å². The fourth-order valence-electron chi connectivity index (χ4n) is 1.17. The minimum atomic E-state index is -0.388. The van der Waals surface area contributed by atoms with Gasteiger partial charge in [0.1, 0.15) is 12.0 Å². The van der Waals surface area contributed by atoms with Gasteiger partial charge in [0.2, 0.25) is 5.12 Å². The minimum Gasteiger partial charge on any atom is -0.478 e. The van der Waals surface area contributed by atoms with Gasteiger partial charge in [-0.1, -0.05) is 11.8 Å². The second-order valence-corrected chi connectivity index (χ2v) is 3.89. The van der Waals surface area contributed by atoms with Crippen LogP contribution in [0.1, 0.15) is 6.92 Å². The Bertz CT molecular complexity index is 239. The van der Waals surface area contributed by atoms with E-state index in [9.17, 15) is 4.79 Å². The molecule has 1 atom stereocenters. The lowest BCUT2D eigenvalue weighted by Crippen LogP contribution is -2.45. The summed E-state index contributed by atoms with van der Waals surface area (Å²) in [4.78, 5) is 15.3. The Morgan fingerprint density at radius 2 is 2.55 bits per heavy atom. The number of rotatable bonds is 1. The molecule has 2 aliphatic heterocycles. The van der Waals surface area contributed by atoms with Crippen LogP contribution >= 0.6 is 11.8 Å². The molecule has 4 heteroatoms. The van der Waals surface area contributed by atoms with Crippen molar-refractivity contribution >= 4 is 22.8 Å². The van der Waals surface area contributed by atoms with Gasteiger partial charge in [0.25, 0.3) is 0 Å². The van der Waals surface area contributed by atoms with Crippen molar-refractivity contribution < 1.29 is 9.53 Å². The normalized spacial score (nSPS) is 36.1. The second-order valence-electron chi connectivity index (χ2n) is 2.94. The fraction of sp³-hybridized carbons (Fsp3) is 0.714. The first kappa shape index (κ1) is 7.16. The summed E-state index contributed by atoms with van der Waals surface area (Å²) in [5.74, 6) is 1.48. The van der Waals surface area contributed by atoms with Crippen LogP contribution in [-0.4, -0.2) is 29.9 Å². The summed E-state index contributed by atoms with van der Waals surface area (Å²) < 4.78 is 5.25. The highest BCUT2D eigenvalue weighted by molar-refractivity contribution is 8.16. The highest BCUT2D eigenvalue weighted by atomic mass is 32.2. The molecule has 0 saturated carbocycles. The van der Waals surface area contributed by atoms with Crippen LogP contribution in [0.2, 0.25) is 0 Å². The molecule has 2 rings (SSSR count). The van der Waals surface area contributed by atoms with Crippen molar-refractivity contribution in [1.82, 2.24) is 0 Å². The molecule has 2 aliphatic rings. The standard InChI is InChI=1S/C7H9NO2S/c1-7(4-11-6(7)9)5-8-2-3-10-5/h2-4H2,1H3/t7-/m0/s1. The molecule has 60 valence electrons. The molecule has 1 fully saturated rings. The molecule has 0 unspecified atom stereocenters. The summed E-state index contributed by atoms with van der Waals surface area (Å²) in [6, 6.07) is 0. The van der Waals surface area contributed by atoms with E-state index in [2.05, 4.69) is 4.99 Å². The first-order valence-electron chi connectivity index (χ1n) is 3.58. The van der Waals surface area contributed by atoms with Crippen molar-refractivity contribution in [2.24, 2.45) is 10.4 Å². The Morgan fingerprint density at radius 1 is 1.73 bits per heavy atom. The second kappa shape index (κ2) is 2.24. The van der Waals surface area contributed by atoms with Crippen LogP contribution in [0.25, 0.3) is 0 Å². The Labute approximate surface area is 69.2 Å². The molecule has 0 spiro atoms. The number of thioether (sulfide) groups is 1. The summed E-state index contributed by atoms with van der Waals surface area (Å²) in [6.45, 7) is 3.25. The van der Waals surface area contributed by atoms with E-state index in [1.54, 1.807) is 0 Å². The zero-order chi connectivity index (χ0) is 7.90. The number of aliphatic imine (C=N–C) groups is 1. The predicted octanol–water partition coefficient (Wildman–Crippen LogP) is 0.695. The van der Waals surface area contributed by atoms with Gasteiger partial charge in [0, 0.05) is 5.75 Å². The van der Waals surface area contributed by atoms with Crippen LogP contribution in [0, 0.1) is 5.41 Å². The molecular weight excluding hydrogens is 162 g/mol. The number of hydrogen-bond donors (Lipinski definition) is 0. The molecule has 3 nitrogen and oxygen atoms in total. The lowest BCUT2D eigenvalue weighted by atomic mass is 9.94. The number of nitrogens with zero attached hydrogens (tertiary/aromatic N) is 1. The highest BCUT2D eigenvalue weighted by Gasteiger charge is 2.49. The van der Waals surface area contributed by atoms with Crippen molar-refractivity contribution in [1.29, 1.82) is 0 Å². The van der Waals surface area contributed by atoms with Crippen molar-refractivity contribution in [2.45, 2.75) is 6.92 Å². The predicted molar refractivity (Wildman–Crippen MR) is 43.8 cm³/mol. The Balaban J connectivity index is 2.19. The van der Waals surface area contributed by atoms with Gasteiger partial charge in [0.05, 0.1) is 6.54 Å². The summed E-state index contributed by atoms with van der Waals surface area (Å²) in [5, 5.41) is 0.193. The largest absolute Gasteiger partial charge is 0.478 e. The fourth-order valence-corrected chi connectivity index (χ4v) is 2.07. The van der Waals surface area contributed by atoms with Gasteiger partial charge in [-0.05, 0) is 6.92 Å². The maximum absolute atomic E-state index is 11.1. The lowest BCUT2D eigenvalue weighted by molar-refractivity contribution is -0.117. The molecule has 0 aliphatic carbocycles. The Kier molecular flexibility index (Phi) is 1.45. The smallest absolute Gasteiger partial charge is 0.204 e. The van der Waals surface area contributed by atoms with Crippen LogP contribution in [0.3, 0.4) is 0 Å². The number of carbonyl (C=O) groups is 1. The monoisotopic (exact) mass is 171 g/mol. The van der Waals surface area contributed by atoms with E-state index in [1.165, 1.54) is 11.8 Å². The quantitative estimate of drug-likeness (QED) is 0.582. The van der Waals surface area contributed by atoms with E-state index in [0.717, 1.165) is 5.75 Å². The SMILES string of the molecule is C[C@@]1(C2=NCCO2)CSC1=O. The zero-order valence-corrected chi connectivity index (χ0v) is 7.11. The van der Waals surface area contributed by atoms with Crippen molar-refractivity contribution in [2.75, 3.05) is 18.9 Å². The molecular formula is C7H9NO2S. The maximum Gasteiger partial charge on any atom is 0.204 e. The Morgan fingerprint density at radius 3 is 2.91 bits per heavy atom. The zero-order valence-electron chi connectivity index (χ0n) is 6.29. The molecule has 0 N–H and O–H groups in total. The van der Waals surface area contributed by atoms with E-state index < -0.39 is 0 Å². The average molecular weight is 171 g/mol. The van der Waals surface area contributed by atoms with Gasteiger partial charge in [-0.3, -0.25) is 9.79 Å². The third-order valence-corrected chi connectivity index (χ3v) is 3.43. The minimum absolute atomic E-state index is 0.193. The molecule has 0 aromatic carbocycles. The first-order chi connectivity index (χ1) is 5.23. The van der Waals surface area contributed by atoms with Crippen LogP contribution in [0.5, 0.6) is 0 Å². The highest BCUT2D eigenvalue weighted by Crippen LogP contribution is 2.41. The molecule has 1 saturated heterocycles. The molecule has 0 aromatic heterocycles. The van der Waals surface area contributed by atoms with Crippen LogP contribution in [-0.2, 0) is 9.53 Å². The lowest BCUT2D eigenvalue weighted by Gasteiger charge is -2.33. The number of hydrogen-bond acceptors (Lipinski definition) is 4. The van der Waals surface area contributed by atoms with Crippen molar-refractivity contribution in [3.63, 3.8) is 0 Å². The third kappa shape index (κ3) is 0.888. The molecule has 0 bridgehead atoms. The van der Waals surface area contributed by atoms with Crippen LogP contribution in [0.4, 0.5) is 0 Å². The summed E-state index contributed by atoms with van der Waals surface area (Å²) >= 11 is 1.35. The van der Waals surface area contributed by atoms with Gasteiger partial charge in [0.15, 0.2) is 5.90 Å². The van der Waals surface area contributed by atoms with E-state index in [1.807, 2.05) is 6.92 Å². The molecule has 2 heterocycles. The van der Waals surface area contributed by atoms with Gasteiger partial charge < -0.3 is 4.74 Å². The Hall–Kier alpha value is -0.510. The summed E-state index contributed by atoms with van der Waals surface area (Å²) in [5.41, 5.74) is -0.388. The maximum atomic E-state index is 11.1. The summed E-state index contributed by atoms with van der Waals surface area (Å²) in [7, 11) is 0. The summed E-state index contributed by atoms with van der Waals surface area (Å²) in [6.07, 6.45) is 0. The van der Waals surface area contributed by atoms with Crippen LogP contribution in [0.15, 0.2) is 4.99 Å². The van der Waals surface area contributed by atoms with E-state index in [4.69, 9.17) is 4.74 Å². The number of ether oxygens (including phenoxy) is 1. The van der Waals surface area contributed by atoms with E-state index in [-0.39, 0.29) is 10.5 Å². The number of carbonyl (C=O) groups excluding carboxylic acids is 1. The molecule has 0 amide bonds. The first-order valence-corrected chi connectivity index (χ1v) is 4.57. The van der Waals surface area contributed by atoms with Gasteiger partial charge >= 0.3 is 0 Å². The van der Waals surface area contributed by atoms with Crippen molar-refractivity contribution in [3.8, 4) is 0 Å². The third-order valence-electron chi connectivity index (χ3n) is 2.00. The topological polar surface area (TPSA) is 38.7 Å². The van der Waals surface area contributed by atoms with E-state index >= 15 is 0 Å². The molecule has 0 aromatic rings. The molecule has 11 heavy (non-hydrogen) atoms. The van der Waals surface area contributed by atoms with E-state index in [0.29, 0.717) is 19.0 Å². The van der Waals surface area contributed by atoms with Crippen molar-refractivity contribution in [3.05, 3.63) is 0 Å². The van der Waals surface area contributed by atoms with Gasteiger partial charge in [-0.15, -0.1) is 0 Å². The van der Waals surface area contributed by atoms with Crippen LogP contribution < -0.4 is 0 Å².